The van der Waals surface area contributed by atoms with E-state index in [0.29, 0.717) is 17.4 Å². The molecule has 1 aromatic carbocycles. The number of pyridine rings is 1. The van der Waals surface area contributed by atoms with Crippen LogP contribution in [0.15, 0.2) is 42.6 Å². The van der Waals surface area contributed by atoms with Gasteiger partial charge in [0.05, 0.1) is 0 Å². The highest BCUT2D eigenvalue weighted by atomic mass is 79.9. The number of halogens is 1. The van der Waals surface area contributed by atoms with Crippen LogP contribution in [0.25, 0.3) is 0 Å². The molecule has 0 atom stereocenters. The Morgan fingerprint density at radius 2 is 1.84 bits per heavy atom. The summed E-state index contributed by atoms with van der Waals surface area (Å²) in [5.41, 5.74) is 1.08. The Morgan fingerprint density at radius 1 is 1.16 bits per heavy atom. The Labute approximate surface area is 119 Å². The van der Waals surface area contributed by atoms with E-state index in [4.69, 9.17) is 9.47 Å². The Bertz CT molecular complexity index is 552. The van der Waals surface area contributed by atoms with E-state index in [-0.39, 0.29) is 5.97 Å². The molecule has 2 aromatic rings. The van der Waals surface area contributed by atoms with Gasteiger partial charge in [0, 0.05) is 24.5 Å². The lowest BCUT2D eigenvalue weighted by atomic mass is 10.3. The molecule has 0 N–H and O–H groups in total. The second kappa shape index (κ2) is 6.33. The normalized spacial score (nSPS) is 10.0. The first-order valence-electron chi connectivity index (χ1n) is 5.64. The van der Waals surface area contributed by atoms with Crippen LogP contribution in [0, 0.1) is 0 Å². The molecule has 0 saturated carbocycles. The van der Waals surface area contributed by atoms with Gasteiger partial charge in [-0.3, -0.25) is 4.79 Å². The highest BCUT2D eigenvalue weighted by Gasteiger charge is 2.01. The van der Waals surface area contributed by atoms with Crippen molar-refractivity contribution in [3.8, 4) is 17.4 Å². The molecular weight excluding hydrogens is 310 g/mol. The number of hydrogen-bond acceptors (Lipinski definition) is 4. The Balaban J connectivity index is 2.04. The van der Waals surface area contributed by atoms with Gasteiger partial charge in [-0.05, 0) is 29.8 Å². The van der Waals surface area contributed by atoms with Crippen molar-refractivity contribution in [3.63, 3.8) is 0 Å². The zero-order valence-corrected chi connectivity index (χ0v) is 11.9. The number of benzene rings is 1. The van der Waals surface area contributed by atoms with Crippen LogP contribution in [0.5, 0.6) is 17.4 Å². The minimum absolute atomic E-state index is 0.347. The van der Waals surface area contributed by atoms with Gasteiger partial charge in [-0.1, -0.05) is 22.0 Å². The zero-order chi connectivity index (χ0) is 13.7. The number of rotatable bonds is 4. The van der Waals surface area contributed by atoms with Gasteiger partial charge in [-0.2, -0.15) is 0 Å². The third-order valence-corrected chi connectivity index (χ3v) is 2.91. The third kappa shape index (κ3) is 4.06. The smallest absolute Gasteiger partial charge is 0.308 e. The van der Waals surface area contributed by atoms with Gasteiger partial charge in [0.25, 0.3) is 0 Å². The maximum atomic E-state index is 10.8. The molecule has 0 aliphatic heterocycles. The lowest BCUT2D eigenvalue weighted by Crippen LogP contribution is -2.00. The highest BCUT2D eigenvalue weighted by molar-refractivity contribution is 9.08. The van der Waals surface area contributed by atoms with E-state index in [0.717, 1.165) is 10.9 Å². The van der Waals surface area contributed by atoms with Crippen molar-refractivity contribution in [1.29, 1.82) is 0 Å². The van der Waals surface area contributed by atoms with Gasteiger partial charge in [-0.25, -0.2) is 4.98 Å². The summed E-state index contributed by atoms with van der Waals surface area (Å²) in [6.07, 6.45) is 1.75. The zero-order valence-electron chi connectivity index (χ0n) is 10.3. The van der Waals surface area contributed by atoms with Crippen LogP contribution in [0.3, 0.4) is 0 Å². The first-order chi connectivity index (χ1) is 9.17. The molecule has 0 spiro atoms. The maximum absolute atomic E-state index is 10.8. The molecule has 0 fully saturated rings. The lowest BCUT2D eigenvalue weighted by Gasteiger charge is -2.06. The topological polar surface area (TPSA) is 48.4 Å². The summed E-state index contributed by atoms with van der Waals surface area (Å²) < 4.78 is 10.5. The number of carbonyl (C=O) groups is 1. The average Bonchev–Trinajstić information content (AvgIpc) is 2.41. The van der Waals surface area contributed by atoms with Gasteiger partial charge in [0.1, 0.15) is 11.5 Å². The minimum atomic E-state index is -0.347. The number of esters is 1. The summed E-state index contributed by atoms with van der Waals surface area (Å²) in [5.74, 6) is 1.29. The molecule has 2 rings (SSSR count). The van der Waals surface area contributed by atoms with E-state index in [1.54, 1.807) is 36.5 Å². The molecule has 0 saturated heterocycles. The van der Waals surface area contributed by atoms with Gasteiger partial charge < -0.3 is 9.47 Å². The molecule has 0 radical (unpaired) electrons. The Kier molecular flexibility index (Phi) is 4.52. The van der Waals surface area contributed by atoms with Crippen molar-refractivity contribution in [2.24, 2.45) is 0 Å². The van der Waals surface area contributed by atoms with Crippen molar-refractivity contribution >= 4 is 21.9 Å². The average molecular weight is 322 g/mol. The second-order valence-electron chi connectivity index (χ2n) is 3.81. The number of nitrogens with zero attached hydrogens (tertiary/aromatic N) is 1. The summed E-state index contributed by atoms with van der Waals surface area (Å²) >= 11 is 3.35. The quantitative estimate of drug-likeness (QED) is 0.489. The van der Waals surface area contributed by atoms with Gasteiger partial charge in [-0.15, -0.1) is 0 Å². The van der Waals surface area contributed by atoms with Crippen LogP contribution in [0.1, 0.15) is 12.5 Å². The van der Waals surface area contributed by atoms with Crippen molar-refractivity contribution in [2.45, 2.75) is 12.3 Å². The van der Waals surface area contributed by atoms with E-state index >= 15 is 0 Å². The monoisotopic (exact) mass is 321 g/mol. The fourth-order valence-corrected chi connectivity index (χ4v) is 1.74. The molecule has 1 aromatic heterocycles. The SMILES string of the molecule is CC(=O)Oc1ccc(Oc2ccc(CBr)cn2)cc1. The summed E-state index contributed by atoms with van der Waals surface area (Å²) in [6, 6.07) is 10.5. The van der Waals surface area contributed by atoms with Crippen LogP contribution < -0.4 is 9.47 Å². The first kappa shape index (κ1) is 13.5. The van der Waals surface area contributed by atoms with E-state index < -0.39 is 0 Å². The molecule has 0 amide bonds. The van der Waals surface area contributed by atoms with Crippen molar-refractivity contribution in [1.82, 2.24) is 4.98 Å². The second-order valence-corrected chi connectivity index (χ2v) is 4.37. The summed E-state index contributed by atoms with van der Waals surface area (Å²) in [4.78, 5) is 15.0. The van der Waals surface area contributed by atoms with Gasteiger partial charge in [0.2, 0.25) is 5.88 Å². The summed E-state index contributed by atoms with van der Waals surface area (Å²) in [5, 5.41) is 0.761. The largest absolute Gasteiger partial charge is 0.439 e. The fourth-order valence-electron chi connectivity index (χ4n) is 1.41. The molecule has 19 heavy (non-hydrogen) atoms. The molecule has 98 valence electrons. The van der Waals surface area contributed by atoms with Crippen LogP contribution in [-0.4, -0.2) is 11.0 Å². The molecule has 0 aliphatic rings. The Morgan fingerprint density at radius 3 is 2.37 bits per heavy atom. The molecule has 0 bridgehead atoms. The van der Waals surface area contributed by atoms with Crippen LogP contribution in [0.2, 0.25) is 0 Å². The number of carbonyl (C=O) groups excluding carboxylic acids is 1. The van der Waals surface area contributed by atoms with Crippen molar-refractivity contribution in [2.75, 3.05) is 0 Å². The van der Waals surface area contributed by atoms with Gasteiger partial charge >= 0.3 is 5.97 Å². The van der Waals surface area contributed by atoms with Crippen molar-refractivity contribution < 1.29 is 14.3 Å². The fraction of sp³-hybridized carbons (Fsp3) is 0.143. The van der Waals surface area contributed by atoms with E-state index in [2.05, 4.69) is 20.9 Å². The maximum Gasteiger partial charge on any atom is 0.308 e. The number of alkyl halides is 1. The Hall–Kier alpha value is -1.88. The predicted octanol–water partition coefficient (Wildman–Crippen LogP) is 3.69. The minimum Gasteiger partial charge on any atom is -0.439 e. The standard InChI is InChI=1S/C14H12BrNO3/c1-10(17)18-12-3-5-13(6-4-12)19-14-7-2-11(8-15)9-16-14/h2-7,9H,8H2,1H3. The van der Waals surface area contributed by atoms with Crippen LogP contribution >= 0.6 is 15.9 Å². The molecule has 4 nitrogen and oxygen atoms in total. The van der Waals surface area contributed by atoms with Gasteiger partial charge in [0.15, 0.2) is 0 Å². The van der Waals surface area contributed by atoms with Crippen molar-refractivity contribution in [3.05, 3.63) is 48.2 Å². The molecule has 1 heterocycles. The summed E-state index contributed by atoms with van der Waals surface area (Å²) in [7, 11) is 0. The predicted molar refractivity (Wildman–Crippen MR) is 74.7 cm³/mol. The molecular formula is C14H12BrNO3. The molecule has 0 aliphatic carbocycles. The first-order valence-corrected chi connectivity index (χ1v) is 6.77. The number of aromatic nitrogens is 1. The van der Waals surface area contributed by atoms with Crippen LogP contribution in [0.4, 0.5) is 0 Å². The molecule has 5 heteroatoms. The summed E-state index contributed by atoms with van der Waals surface area (Å²) in [6.45, 7) is 1.36. The highest BCUT2D eigenvalue weighted by Crippen LogP contribution is 2.22. The number of hydrogen-bond donors (Lipinski definition) is 0. The van der Waals surface area contributed by atoms with E-state index in [1.165, 1.54) is 6.92 Å². The lowest BCUT2D eigenvalue weighted by molar-refractivity contribution is -0.131. The van der Waals surface area contributed by atoms with E-state index in [1.807, 2.05) is 6.07 Å². The number of ether oxygens (including phenoxy) is 2. The third-order valence-electron chi connectivity index (χ3n) is 2.26. The molecule has 0 unspecified atom stereocenters. The van der Waals surface area contributed by atoms with Crippen LogP contribution in [-0.2, 0) is 10.1 Å². The van der Waals surface area contributed by atoms with E-state index in [9.17, 15) is 4.79 Å².